The Hall–Kier alpha value is -1.48. The number of hydrogen-bond acceptors (Lipinski definition) is 5. The number of hydrogen-bond donors (Lipinski definition) is 2. The summed E-state index contributed by atoms with van der Waals surface area (Å²) in [6, 6.07) is 6.04. The molecule has 0 spiro atoms. The topological polar surface area (TPSA) is 102 Å². The Labute approximate surface area is 142 Å². The molecule has 3 N–H and O–H groups in total. The Balaban J connectivity index is 1.63. The number of carbonyl (C=O) groups excluding carboxylic acids is 1. The van der Waals surface area contributed by atoms with E-state index >= 15 is 0 Å². The van der Waals surface area contributed by atoms with Gasteiger partial charge in [0, 0.05) is 37.8 Å². The van der Waals surface area contributed by atoms with Crippen molar-refractivity contribution in [2.45, 2.75) is 36.3 Å². The number of rotatable bonds is 5. The molecule has 1 aromatic rings. The van der Waals surface area contributed by atoms with Crippen LogP contribution in [0, 0.1) is 0 Å². The van der Waals surface area contributed by atoms with Crippen molar-refractivity contribution in [2.75, 3.05) is 26.2 Å². The van der Waals surface area contributed by atoms with Gasteiger partial charge >= 0.3 is 0 Å². The number of nitrogens with one attached hydrogen (secondary N) is 1. The monoisotopic (exact) mass is 353 g/mol. The summed E-state index contributed by atoms with van der Waals surface area (Å²) in [6.45, 7) is 2.14. The minimum atomic E-state index is -3.59. The maximum absolute atomic E-state index is 12.3. The molecule has 0 radical (unpaired) electrons. The molecule has 2 aliphatic rings. The van der Waals surface area contributed by atoms with Crippen LogP contribution in [0.5, 0.6) is 0 Å². The molecule has 1 aromatic carbocycles. The second-order valence-electron chi connectivity index (χ2n) is 6.31. The largest absolute Gasteiger partial charge is 0.377 e. The zero-order valence-electron chi connectivity index (χ0n) is 13.5. The minimum absolute atomic E-state index is 0.0237. The van der Waals surface area contributed by atoms with Crippen molar-refractivity contribution in [3.63, 3.8) is 0 Å². The summed E-state index contributed by atoms with van der Waals surface area (Å²) >= 11 is 0. The predicted octanol–water partition coefficient (Wildman–Crippen LogP) is 0.317. The second kappa shape index (κ2) is 7.18. The van der Waals surface area contributed by atoms with Crippen LogP contribution in [-0.4, -0.2) is 57.6 Å². The molecule has 0 aliphatic carbocycles. The van der Waals surface area contributed by atoms with Gasteiger partial charge in [-0.15, -0.1) is 0 Å². The van der Waals surface area contributed by atoms with Gasteiger partial charge in [0.05, 0.1) is 11.0 Å². The fourth-order valence-electron chi connectivity index (χ4n) is 3.02. The molecule has 132 valence electrons. The number of ether oxygens (including phenoxy) is 1. The zero-order chi connectivity index (χ0) is 17.2. The number of sulfonamides is 1. The summed E-state index contributed by atoms with van der Waals surface area (Å²) < 4.78 is 32.6. The van der Waals surface area contributed by atoms with Crippen molar-refractivity contribution in [3.8, 4) is 0 Å². The smallest absolute Gasteiger partial charge is 0.253 e. The molecule has 2 atom stereocenters. The van der Waals surface area contributed by atoms with E-state index in [2.05, 4.69) is 4.72 Å². The van der Waals surface area contributed by atoms with Gasteiger partial charge < -0.3 is 15.4 Å². The Morgan fingerprint density at radius 2 is 2.04 bits per heavy atom. The summed E-state index contributed by atoms with van der Waals surface area (Å²) in [5.74, 6) is -0.112. The molecule has 2 fully saturated rings. The van der Waals surface area contributed by atoms with E-state index in [1.807, 2.05) is 0 Å². The van der Waals surface area contributed by atoms with Crippen molar-refractivity contribution in [1.29, 1.82) is 0 Å². The highest BCUT2D eigenvalue weighted by Gasteiger charge is 2.25. The third-order valence-corrected chi connectivity index (χ3v) is 5.89. The highest BCUT2D eigenvalue weighted by molar-refractivity contribution is 7.89. The van der Waals surface area contributed by atoms with Crippen molar-refractivity contribution in [3.05, 3.63) is 29.8 Å². The maximum atomic E-state index is 12.3. The molecule has 1 amide bonds. The van der Waals surface area contributed by atoms with Crippen LogP contribution in [0.3, 0.4) is 0 Å². The fraction of sp³-hybridized carbons (Fsp3) is 0.562. The van der Waals surface area contributed by atoms with E-state index in [0.717, 1.165) is 19.3 Å². The van der Waals surface area contributed by atoms with Crippen LogP contribution >= 0.6 is 0 Å². The number of amides is 1. The Kier molecular flexibility index (Phi) is 5.19. The number of likely N-dealkylation sites (tertiary alicyclic amines) is 1. The molecule has 24 heavy (non-hydrogen) atoms. The van der Waals surface area contributed by atoms with Gasteiger partial charge in [-0.25, -0.2) is 13.1 Å². The first-order valence-electron chi connectivity index (χ1n) is 8.22. The highest BCUT2D eigenvalue weighted by atomic mass is 32.2. The van der Waals surface area contributed by atoms with E-state index in [-0.39, 0.29) is 29.5 Å². The summed E-state index contributed by atoms with van der Waals surface area (Å²) in [5.41, 5.74) is 6.29. The molecule has 0 saturated carbocycles. The van der Waals surface area contributed by atoms with Gasteiger partial charge in [0.15, 0.2) is 0 Å². The van der Waals surface area contributed by atoms with Crippen LogP contribution in [0.2, 0.25) is 0 Å². The molecule has 7 nitrogen and oxygen atoms in total. The molecule has 0 bridgehead atoms. The first-order chi connectivity index (χ1) is 11.5. The van der Waals surface area contributed by atoms with Crippen LogP contribution in [0.1, 0.15) is 29.6 Å². The zero-order valence-corrected chi connectivity index (χ0v) is 14.3. The lowest BCUT2D eigenvalue weighted by molar-refractivity contribution is 0.0791. The third kappa shape index (κ3) is 3.94. The molecule has 0 aromatic heterocycles. The Bertz CT molecular complexity index is 684. The molecule has 2 saturated heterocycles. The van der Waals surface area contributed by atoms with Crippen molar-refractivity contribution >= 4 is 15.9 Å². The summed E-state index contributed by atoms with van der Waals surface area (Å²) in [7, 11) is -3.59. The quantitative estimate of drug-likeness (QED) is 0.794. The number of carbonyl (C=O) groups is 1. The van der Waals surface area contributed by atoms with Gasteiger partial charge in [-0.1, -0.05) is 0 Å². The van der Waals surface area contributed by atoms with E-state index in [1.54, 1.807) is 17.0 Å². The normalized spacial score (nSPS) is 24.5. The lowest BCUT2D eigenvalue weighted by Gasteiger charge is -2.16. The fourth-order valence-corrected chi connectivity index (χ4v) is 4.09. The number of nitrogens with zero attached hydrogens (tertiary/aromatic N) is 1. The van der Waals surface area contributed by atoms with E-state index in [9.17, 15) is 13.2 Å². The molecule has 2 aliphatic heterocycles. The first-order valence-corrected chi connectivity index (χ1v) is 9.70. The van der Waals surface area contributed by atoms with Crippen molar-refractivity contribution < 1.29 is 17.9 Å². The standard InChI is InChI=1S/C16H23N3O4S/c17-13-7-8-19(11-13)16(20)12-3-5-15(6-4-12)24(21,22)18-10-14-2-1-9-23-14/h3-6,13-14,18H,1-2,7-11,17H2/t13-,14?/m1/s1. The average molecular weight is 353 g/mol. The minimum Gasteiger partial charge on any atom is -0.377 e. The molecule has 1 unspecified atom stereocenters. The van der Waals surface area contributed by atoms with E-state index in [0.29, 0.717) is 25.3 Å². The van der Waals surface area contributed by atoms with Crippen LogP contribution < -0.4 is 10.5 Å². The van der Waals surface area contributed by atoms with Crippen LogP contribution in [0.25, 0.3) is 0 Å². The third-order valence-electron chi connectivity index (χ3n) is 4.45. The molecular weight excluding hydrogens is 330 g/mol. The van der Waals surface area contributed by atoms with Gasteiger partial charge in [-0.2, -0.15) is 0 Å². The Morgan fingerprint density at radius 1 is 1.29 bits per heavy atom. The number of nitrogens with two attached hydrogens (primary N) is 1. The van der Waals surface area contributed by atoms with Gasteiger partial charge in [0.25, 0.3) is 5.91 Å². The van der Waals surface area contributed by atoms with Crippen molar-refractivity contribution in [2.24, 2.45) is 5.73 Å². The van der Waals surface area contributed by atoms with E-state index < -0.39 is 10.0 Å². The Morgan fingerprint density at radius 3 is 2.62 bits per heavy atom. The SMILES string of the molecule is N[C@@H]1CCN(C(=O)c2ccc(S(=O)(=O)NCC3CCCO3)cc2)C1. The van der Waals surface area contributed by atoms with Gasteiger partial charge in [0.1, 0.15) is 0 Å². The first kappa shape index (κ1) is 17.3. The predicted molar refractivity (Wildman–Crippen MR) is 89.1 cm³/mol. The van der Waals surface area contributed by atoms with Gasteiger partial charge in [-0.05, 0) is 43.5 Å². The average Bonchev–Trinajstić information content (AvgIpc) is 3.24. The number of benzene rings is 1. The van der Waals surface area contributed by atoms with Crippen LogP contribution in [0.4, 0.5) is 0 Å². The van der Waals surface area contributed by atoms with Crippen LogP contribution in [-0.2, 0) is 14.8 Å². The molecule has 2 heterocycles. The maximum Gasteiger partial charge on any atom is 0.253 e. The van der Waals surface area contributed by atoms with E-state index in [4.69, 9.17) is 10.5 Å². The molecular formula is C16H23N3O4S. The summed E-state index contributed by atoms with van der Waals surface area (Å²) in [5, 5.41) is 0. The lowest BCUT2D eigenvalue weighted by atomic mass is 10.2. The highest BCUT2D eigenvalue weighted by Crippen LogP contribution is 2.16. The second-order valence-corrected chi connectivity index (χ2v) is 8.08. The van der Waals surface area contributed by atoms with Gasteiger partial charge in [0.2, 0.25) is 10.0 Å². The summed E-state index contributed by atoms with van der Waals surface area (Å²) in [6.07, 6.45) is 2.57. The van der Waals surface area contributed by atoms with Crippen molar-refractivity contribution in [1.82, 2.24) is 9.62 Å². The lowest BCUT2D eigenvalue weighted by Crippen LogP contribution is -2.32. The molecule has 3 rings (SSSR count). The summed E-state index contributed by atoms with van der Waals surface area (Å²) in [4.78, 5) is 14.2. The molecule has 8 heteroatoms. The van der Waals surface area contributed by atoms with E-state index in [1.165, 1.54) is 12.1 Å². The van der Waals surface area contributed by atoms with Crippen LogP contribution in [0.15, 0.2) is 29.2 Å². The van der Waals surface area contributed by atoms with Gasteiger partial charge in [-0.3, -0.25) is 4.79 Å².